The molecule has 0 aromatic carbocycles. The first-order valence-electron chi connectivity index (χ1n) is 7.02. The fraction of sp³-hybridized carbons (Fsp3) is 0.846. The number of hydrogen-bond donors (Lipinski definition) is 3. The van der Waals surface area contributed by atoms with Crippen LogP contribution in [0.5, 0.6) is 0 Å². The Kier molecular flexibility index (Phi) is 7.25. The Morgan fingerprint density at radius 3 is 2.79 bits per heavy atom. The summed E-state index contributed by atoms with van der Waals surface area (Å²) in [4.78, 5) is 22.6. The molecule has 0 aliphatic carbocycles. The summed E-state index contributed by atoms with van der Waals surface area (Å²) in [5.74, 6) is -0.988. The smallest absolute Gasteiger partial charge is 0.326 e. The van der Waals surface area contributed by atoms with E-state index in [4.69, 9.17) is 9.84 Å². The van der Waals surface area contributed by atoms with Crippen LogP contribution >= 0.6 is 0 Å². The Morgan fingerprint density at radius 1 is 1.42 bits per heavy atom. The molecule has 0 bridgehead atoms. The highest BCUT2D eigenvalue weighted by Crippen LogP contribution is 2.11. The number of rotatable bonds is 7. The van der Waals surface area contributed by atoms with E-state index in [1.165, 1.54) is 0 Å². The molecule has 1 rings (SSSR count). The van der Waals surface area contributed by atoms with Crippen LogP contribution in [0.3, 0.4) is 0 Å². The minimum atomic E-state index is -0.988. The summed E-state index contributed by atoms with van der Waals surface area (Å²) < 4.78 is 5.49. The van der Waals surface area contributed by atoms with Gasteiger partial charge in [-0.1, -0.05) is 19.8 Å². The topological polar surface area (TPSA) is 87.7 Å². The Labute approximate surface area is 113 Å². The van der Waals surface area contributed by atoms with E-state index >= 15 is 0 Å². The molecule has 1 heterocycles. The second-order valence-corrected chi connectivity index (χ2v) is 4.88. The van der Waals surface area contributed by atoms with Crippen molar-refractivity contribution in [1.29, 1.82) is 0 Å². The van der Waals surface area contributed by atoms with Gasteiger partial charge in [0, 0.05) is 13.2 Å². The van der Waals surface area contributed by atoms with E-state index < -0.39 is 18.0 Å². The monoisotopic (exact) mass is 272 g/mol. The maximum atomic E-state index is 11.6. The second-order valence-electron chi connectivity index (χ2n) is 4.88. The fourth-order valence-electron chi connectivity index (χ4n) is 2.05. The number of carbonyl (C=O) groups is 2. The Balaban J connectivity index is 2.25. The fourth-order valence-corrected chi connectivity index (χ4v) is 2.05. The quantitative estimate of drug-likeness (QED) is 0.655. The average molecular weight is 272 g/mol. The van der Waals surface area contributed by atoms with E-state index in [9.17, 15) is 9.59 Å². The molecule has 0 radical (unpaired) electrons. The molecular formula is C13H24N2O4. The van der Waals surface area contributed by atoms with E-state index in [0.717, 1.165) is 38.7 Å². The largest absolute Gasteiger partial charge is 0.480 e. The normalized spacial score (nSPS) is 20.6. The lowest BCUT2D eigenvalue weighted by molar-refractivity contribution is -0.139. The summed E-state index contributed by atoms with van der Waals surface area (Å²) in [6.07, 6.45) is 5.32. The van der Waals surface area contributed by atoms with Crippen molar-refractivity contribution in [2.24, 2.45) is 0 Å². The summed E-state index contributed by atoms with van der Waals surface area (Å²) in [5.41, 5.74) is 0. The summed E-state index contributed by atoms with van der Waals surface area (Å²) in [6, 6.07) is -1.25. The zero-order valence-corrected chi connectivity index (χ0v) is 11.5. The highest BCUT2D eigenvalue weighted by atomic mass is 16.5. The van der Waals surface area contributed by atoms with Crippen molar-refractivity contribution in [3.8, 4) is 0 Å². The molecule has 1 saturated heterocycles. The molecule has 6 nitrogen and oxygen atoms in total. The van der Waals surface area contributed by atoms with Gasteiger partial charge in [0.15, 0.2) is 0 Å². The number of carboxylic acid groups (broad SMARTS) is 1. The molecule has 0 saturated carbocycles. The van der Waals surface area contributed by atoms with Gasteiger partial charge in [0.1, 0.15) is 6.04 Å². The molecule has 110 valence electrons. The van der Waals surface area contributed by atoms with E-state index in [1.807, 2.05) is 6.92 Å². The molecule has 19 heavy (non-hydrogen) atoms. The minimum Gasteiger partial charge on any atom is -0.480 e. The van der Waals surface area contributed by atoms with Gasteiger partial charge >= 0.3 is 12.0 Å². The van der Waals surface area contributed by atoms with Crippen LogP contribution in [0, 0.1) is 0 Å². The molecule has 3 N–H and O–H groups in total. The van der Waals surface area contributed by atoms with Crippen molar-refractivity contribution in [1.82, 2.24) is 10.6 Å². The number of unbranched alkanes of at least 4 members (excludes halogenated alkanes) is 1. The summed E-state index contributed by atoms with van der Waals surface area (Å²) in [7, 11) is 0. The number of hydrogen-bond acceptors (Lipinski definition) is 3. The average Bonchev–Trinajstić information content (AvgIpc) is 2.42. The molecule has 1 aliphatic rings. The van der Waals surface area contributed by atoms with Gasteiger partial charge in [-0.05, 0) is 25.7 Å². The number of carbonyl (C=O) groups excluding carboxylic acids is 1. The zero-order valence-electron chi connectivity index (χ0n) is 11.5. The standard InChI is InChI=1S/C13H24N2O4/c1-2-3-7-11(12(16)17)15-13(18)14-9-10-6-4-5-8-19-10/h10-11H,2-9H2,1H3,(H,16,17)(H2,14,15,18). The Hall–Kier alpha value is -1.30. The highest BCUT2D eigenvalue weighted by molar-refractivity contribution is 5.82. The zero-order chi connectivity index (χ0) is 14.1. The lowest BCUT2D eigenvalue weighted by Gasteiger charge is -2.23. The lowest BCUT2D eigenvalue weighted by atomic mass is 10.1. The number of amides is 2. The van der Waals surface area contributed by atoms with Gasteiger partial charge in [-0.3, -0.25) is 0 Å². The number of ether oxygens (including phenoxy) is 1. The van der Waals surface area contributed by atoms with Crippen LogP contribution < -0.4 is 10.6 Å². The number of nitrogens with one attached hydrogen (secondary N) is 2. The second kappa shape index (κ2) is 8.74. The molecule has 2 amide bonds. The summed E-state index contributed by atoms with van der Waals surface area (Å²) in [6.45, 7) is 3.16. The molecule has 2 unspecified atom stereocenters. The van der Waals surface area contributed by atoms with Crippen molar-refractivity contribution in [2.45, 2.75) is 57.6 Å². The van der Waals surface area contributed by atoms with Crippen LogP contribution in [0.15, 0.2) is 0 Å². The molecule has 2 atom stereocenters. The van der Waals surface area contributed by atoms with E-state index in [0.29, 0.717) is 13.0 Å². The van der Waals surface area contributed by atoms with Crippen LogP contribution in [0.25, 0.3) is 0 Å². The van der Waals surface area contributed by atoms with E-state index in [1.54, 1.807) is 0 Å². The van der Waals surface area contributed by atoms with Crippen LogP contribution in [0.4, 0.5) is 4.79 Å². The molecule has 0 aromatic heterocycles. The van der Waals surface area contributed by atoms with E-state index in [2.05, 4.69) is 10.6 Å². The third-order valence-electron chi connectivity index (χ3n) is 3.21. The molecule has 1 aliphatic heterocycles. The molecule has 0 aromatic rings. The Bertz CT molecular complexity index is 290. The third kappa shape index (κ3) is 6.42. The van der Waals surface area contributed by atoms with Crippen molar-refractivity contribution in [2.75, 3.05) is 13.2 Å². The summed E-state index contributed by atoms with van der Waals surface area (Å²) >= 11 is 0. The number of aliphatic carboxylic acids is 1. The van der Waals surface area contributed by atoms with Gasteiger partial charge < -0.3 is 20.5 Å². The molecule has 1 fully saturated rings. The van der Waals surface area contributed by atoms with Gasteiger partial charge in [0.25, 0.3) is 0 Å². The van der Waals surface area contributed by atoms with E-state index in [-0.39, 0.29) is 6.10 Å². The predicted molar refractivity (Wildman–Crippen MR) is 71.1 cm³/mol. The minimum absolute atomic E-state index is 0.0541. The maximum Gasteiger partial charge on any atom is 0.326 e. The summed E-state index contributed by atoms with van der Waals surface area (Å²) in [5, 5.41) is 14.2. The predicted octanol–water partition coefficient (Wildman–Crippen LogP) is 1.50. The molecule has 0 spiro atoms. The lowest BCUT2D eigenvalue weighted by Crippen LogP contribution is -2.48. The van der Waals surface area contributed by atoms with Crippen molar-refractivity contribution < 1.29 is 19.4 Å². The van der Waals surface area contributed by atoms with Crippen molar-refractivity contribution in [3.63, 3.8) is 0 Å². The van der Waals surface area contributed by atoms with Gasteiger partial charge in [-0.25, -0.2) is 9.59 Å². The van der Waals surface area contributed by atoms with Gasteiger partial charge in [0.05, 0.1) is 6.10 Å². The third-order valence-corrected chi connectivity index (χ3v) is 3.21. The highest BCUT2D eigenvalue weighted by Gasteiger charge is 2.20. The molecule has 6 heteroatoms. The molecular weight excluding hydrogens is 248 g/mol. The van der Waals surface area contributed by atoms with Crippen LogP contribution in [0.2, 0.25) is 0 Å². The van der Waals surface area contributed by atoms with Crippen LogP contribution in [-0.2, 0) is 9.53 Å². The van der Waals surface area contributed by atoms with Gasteiger partial charge in [-0.2, -0.15) is 0 Å². The Morgan fingerprint density at radius 2 is 2.21 bits per heavy atom. The maximum absolute atomic E-state index is 11.6. The van der Waals surface area contributed by atoms with Crippen molar-refractivity contribution in [3.05, 3.63) is 0 Å². The number of urea groups is 1. The number of carboxylic acids is 1. The van der Waals surface area contributed by atoms with Crippen molar-refractivity contribution >= 4 is 12.0 Å². The SMILES string of the molecule is CCCCC(NC(=O)NCC1CCCCO1)C(=O)O. The van der Waals surface area contributed by atoms with Crippen LogP contribution in [-0.4, -0.2) is 42.4 Å². The van der Waals surface area contributed by atoms with Gasteiger partial charge in [0.2, 0.25) is 0 Å². The first-order valence-corrected chi connectivity index (χ1v) is 7.02. The van der Waals surface area contributed by atoms with Crippen LogP contribution in [0.1, 0.15) is 45.4 Å². The first-order chi connectivity index (χ1) is 9.13. The first kappa shape index (κ1) is 15.8. The van der Waals surface area contributed by atoms with Gasteiger partial charge in [-0.15, -0.1) is 0 Å².